The van der Waals surface area contributed by atoms with Gasteiger partial charge < -0.3 is 15.1 Å². The SMILES string of the molecule is CCNc1nc(C)c(C(=O)N2CCc3c(nc(C)nc3N(C)C)C2)s1. The summed E-state index contributed by atoms with van der Waals surface area (Å²) in [6.07, 6.45) is 0.771. The van der Waals surface area contributed by atoms with Gasteiger partial charge >= 0.3 is 0 Å². The first kappa shape index (κ1) is 17.6. The number of fused-ring (bicyclic) bond motifs is 1. The van der Waals surface area contributed by atoms with Gasteiger partial charge in [0, 0.05) is 32.7 Å². The molecule has 0 radical (unpaired) electrons. The van der Waals surface area contributed by atoms with Crippen LogP contribution in [0.15, 0.2) is 0 Å². The van der Waals surface area contributed by atoms with Crippen molar-refractivity contribution in [2.45, 2.75) is 33.7 Å². The Bertz CT molecular complexity index is 801. The summed E-state index contributed by atoms with van der Waals surface area (Å²) in [5, 5.41) is 3.98. The van der Waals surface area contributed by atoms with Crippen molar-refractivity contribution >= 4 is 28.2 Å². The van der Waals surface area contributed by atoms with E-state index in [1.54, 1.807) is 0 Å². The van der Waals surface area contributed by atoms with Gasteiger partial charge in [-0.25, -0.2) is 15.0 Å². The van der Waals surface area contributed by atoms with Crippen LogP contribution < -0.4 is 10.2 Å². The first-order valence-corrected chi connectivity index (χ1v) is 9.26. The smallest absolute Gasteiger partial charge is 0.266 e. The van der Waals surface area contributed by atoms with Gasteiger partial charge in [0.1, 0.15) is 16.5 Å². The molecule has 7 nitrogen and oxygen atoms in total. The first-order chi connectivity index (χ1) is 11.9. The highest BCUT2D eigenvalue weighted by molar-refractivity contribution is 7.17. The topological polar surface area (TPSA) is 74.2 Å². The molecule has 1 aliphatic heterocycles. The standard InChI is InChI=1S/C17H24N6OS/c1-6-18-17-19-10(2)14(25-17)16(24)23-8-7-12-13(9-23)20-11(3)21-15(12)22(4)5/h6-9H2,1-5H3,(H,18,19). The van der Waals surface area contributed by atoms with Gasteiger partial charge in [-0.15, -0.1) is 0 Å². The predicted molar refractivity (Wildman–Crippen MR) is 101 cm³/mol. The molecular formula is C17H24N6OS. The van der Waals surface area contributed by atoms with E-state index < -0.39 is 0 Å². The number of hydrogen-bond donors (Lipinski definition) is 1. The average Bonchev–Trinajstić information content (AvgIpc) is 2.93. The maximum Gasteiger partial charge on any atom is 0.266 e. The average molecular weight is 360 g/mol. The van der Waals surface area contributed by atoms with E-state index in [0.717, 1.165) is 46.7 Å². The van der Waals surface area contributed by atoms with Crippen LogP contribution in [0.25, 0.3) is 0 Å². The summed E-state index contributed by atoms with van der Waals surface area (Å²) in [6.45, 7) is 7.79. The van der Waals surface area contributed by atoms with Crippen molar-refractivity contribution in [3.8, 4) is 0 Å². The van der Waals surface area contributed by atoms with Crippen LogP contribution in [-0.4, -0.2) is 52.9 Å². The number of hydrogen-bond acceptors (Lipinski definition) is 7. The molecule has 3 heterocycles. The Hall–Kier alpha value is -2.22. The second-order valence-electron chi connectivity index (χ2n) is 6.35. The van der Waals surface area contributed by atoms with E-state index in [4.69, 9.17) is 0 Å². The van der Waals surface area contributed by atoms with Gasteiger partial charge in [0.15, 0.2) is 5.13 Å². The van der Waals surface area contributed by atoms with Gasteiger partial charge in [0.05, 0.1) is 17.9 Å². The lowest BCUT2D eigenvalue weighted by molar-refractivity contribution is 0.0735. The third-order valence-electron chi connectivity index (χ3n) is 4.18. The molecule has 0 aromatic carbocycles. The number of nitrogens with one attached hydrogen (secondary N) is 1. The summed E-state index contributed by atoms with van der Waals surface area (Å²) in [5.74, 6) is 1.73. The number of aromatic nitrogens is 3. The van der Waals surface area contributed by atoms with Crippen molar-refractivity contribution in [3.05, 3.63) is 27.7 Å². The van der Waals surface area contributed by atoms with E-state index in [9.17, 15) is 4.79 Å². The molecule has 0 atom stereocenters. The van der Waals surface area contributed by atoms with E-state index in [-0.39, 0.29) is 5.91 Å². The monoisotopic (exact) mass is 360 g/mol. The number of amides is 1. The number of rotatable bonds is 4. The largest absolute Gasteiger partial charge is 0.362 e. The molecule has 1 amide bonds. The number of carbonyl (C=O) groups is 1. The van der Waals surface area contributed by atoms with Crippen LogP contribution in [-0.2, 0) is 13.0 Å². The molecule has 134 valence electrons. The maximum atomic E-state index is 13.0. The van der Waals surface area contributed by atoms with E-state index in [1.807, 2.05) is 44.7 Å². The molecule has 8 heteroatoms. The number of thiazole rings is 1. The molecule has 0 bridgehead atoms. The van der Waals surface area contributed by atoms with Crippen molar-refractivity contribution in [2.24, 2.45) is 0 Å². The molecule has 25 heavy (non-hydrogen) atoms. The van der Waals surface area contributed by atoms with E-state index in [1.165, 1.54) is 11.3 Å². The van der Waals surface area contributed by atoms with Gasteiger partial charge in [-0.1, -0.05) is 11.3 Å². The van der Waals surface area contributed by atoms with Crippen molar-refractivity contribution in [2.75, 3.05) is 37.4 Å². The first-order valence-electron chi connectivity index (χ1n) is 8.45. The van der Waals surface area contributed by atoms with Crippen LogP contribution in [0.4, 0.5) is 10.9 Å². The highest BCUT2D eigenvalue weighted by atomic mass is 32.1. The summed E-state index contributed by atoms with van der Waals surface area (Å²) >= 11 is 1.42. The van der Waals surface area contributed by atoms with Crippen molar-refractivity contribution in [1.82, 2.24) is 19.9 Å². The lowest BCUT2D eigenvalue weighted by Gasteiger charge is -2.30. The van der Waals surface area contributed by atoms with E-state index >= 15 is 0 Å². The van der Waals surface area contributed by atoms with E-state index in [2.05, 4.69) is 20.3 Å². The van der Waals surface area contributed by atoms with Crippen LogP contribution in [0.1, 0.15) is 39.4 Å². The summed E-state index contributed by atoms with van der Waals surface area (Å²) in [4.78, 5) is 31.1. The van der Waals surface area contributed by atoms with Crippen LogP contribution in [0.2, 0.25) is 0 Å². The lowest BCUT2D eigenvalue weighted by atomic mass is 10.0. The second-order valence-corrected chi connectivity index (χ2v) is 7.35. The molecule has 0 unspecified atom stereocenters. The zero-order chi connectivity index (χ0) is 18.1. The normalized spacial score (nSPS) is 13.6. The number of nitrogens with zero attached hydrogens (tertiary/aromatic N) is 5. The predicted octanol–water partition coefficient (Wildman–Crippen LogP) is 2.25. The molecule has 2 aromatic heterocycles. The Morgan fingerprint density at radius 2 is 2.04 bits per heavy atom. The maximum absolute atomic E-state index is 13.0. The van der Waals surface area contributed by atoms with Gasteiger partial charge in [-0.2, -0.15) is 0 Å². The minimum atomic E-state index is 0.0347. The Morgan fingerprint density at radius 1 is 1.28 bits per heavy atom. The lowest BCUT2D eigenvalue weighted by Crippen LogP contribution is -2.37. The highest BCUT2D eigenvalue weighted by Gasteiger charge is 2.28. The Labute approximate surface area is 152 Å². The fourth-order valence-corrected chi connectivity index (χ4v) is 4.04. The minimum Gasteiger partial charge on any atom is -0.362 e. The molecule has 0 spiro atoms. The minimum absolute atomic E-state index is 0.0347. The molecule has 0 aliphatic carbocycles. The van der Waals surface area contributed by atoms with Crippen LogP contribution in [0.3, 0.4) is 0 Å². The number of aryl methyl sites for hydroxylation is 2. The second kappa shape index (κ2) is 6.95. The quantitative estimate of drug-likeness (QED) is 0.901. The van der Waals surface area contributed by atoms with Gasteiger partial charge in [0.25, 0.3) is 5.91 Å². The van der Waals surface area contributed by atoms with Crippen LogP contribution in [0.5, 0.6) is 0 Å². The van der Waals surface area contributed by atoms with Crippen molar-refractivity contribution < 1.29 is 4.79 Å². The third-order valence-corrected chi connectivity index (χ3v) is 5.29. The zero-order valence-electron chi connectivity index (χ0n) is 15.4. The summed E-state index contributed by atoms with van der Waals surface area (Å²) in [5.41, 5.74) is 2.88. The fraction of sp³-hybridized carbons (Fsp3) is 0.529. The molecule has 1 aliphatic rings. The molecular weight excluding hydrogens is 336 g/mol. The molecule has 1 N–H and O–H groups in total. The van der Waals surface area contributed by atoms with Crippen LogP contribution in [0, 0.1) is 13.8 Å². The Balaban J connectivity index is 1.86. The fourth-order valence-electron chi connectivity index (χ4n) is 3.04. The molecule has 0 saturated carbocycles. The van der Waals surface area contributed by atoms with Gasteiger partial charge in [-0.05, 0) is 27.2 Å². The Kier molecular flexibility index (Phi) is 4.89. The number of anilines is 2. The number of carbonyl (C=O) groups excluding carboxylic acids is 1. The van der Waals surface area contributed by atoms with E-state index in [0.29, 0.717) is 18.0 Å². The van der Waals surface area contributed by atoms with Gasteiger partial charge in [0.2, 0.25) is 0 Å². The molecule has 0 fully saturated rings. The molecule has 2 aromatic rings. The summed E-state index contributed by atoms with van der Waals surface area (Å²) in [6, 6.07) is 0. The molecule has 0 saturated heterocycles. The summed E-state index contributed by atoms with van der Waals surface area (Å²) < 4.78 is 0. The zero-order valence-corrected chi connectivity index (χ0v) is 16.2. The van der Waals surface area contributed by atoms with Crippen molar-refractivity contribution in [1.29, 1.82) is 0 Å². The van der Waals surface area contributed by atoms with Crippen LogP contribution >= 0.6 is 11.3 Å². The third kappa shape index (κ3) is 3.44. The highest BCUT2D eigenvalue weighted by Crippen LogP contribution is 2.29. The summed E-state index contributed by atoms with van der Waals surface area (Å²) in [7, 11) is 3.98. The Morgan fingerprint density at radius 3 is 2.72 bits per heavy atom. The van der Waals surface area contributed by atoms with Gasteiger partial charge in [-0.3, -0.25) is 4.79 Å². The van der Waals surface area contributed by atoms with Crippen molar-refractivity contribution in [3.63, 3.8) is 0 Å². The molecule has 3 rings (SSSR count).